The molecule has 4 nitrogen and oxygen atoms in total. The predicted octanol–water partition coefficient (Wildman–Crippen LogP) is 4.38. The van der Waals surface area contributed by atoms with Crippen molar-refractivity contribution < 1.29 is 4.79 Å². The van der Waals surface area contributed by atoms with Gasteiger partial charge in [0.25, 0.3) is 5.91 Å². The first kappa shape index (κ1) is 16.5. The van der Waals surface area contributed by atoms with Gasteiger partial charge in [0.15, 0.2) is 0 Å². The summed E-state index contributed by atoms with van der Waals surface area (Å²) in [6.45, 7) is 3.25. The molecule has 0 atom stereocenters. The van der Waals surface area contributed by atoms with Crippen molar-refractivity contribution in [3.8, 4) is 0 Å². The van der Waals surface area contributed by atoms with Crippen LogP contribution in [-0.2, 0) is 13.1 Å². The Morgan fingerprint density at radius 2 is 2.08 bits per heavy atom. The molecule has 0 spiro atoms. The van der Waals surface area contributed by atoms with Crippen LogP contribution < -0.4 is 5.32 Å². The van der Waals surface area contributed by atoms with E-state index in [1.54, 1.807) is 23.7 Å². The number of thiophene rings is 1. The summed E-state index contributed by atoms with van der Waals surface area (Å²) in [4.78, 5) is 16.9. The molecule has 4 aromatic rings. The fraction of sp³-hybridized carbons (Fsp3) is 0.143. The Labute approximate surface area is 156 Å². The van der Waals surface area contributed by atoms with Crippen LogP contribution in [0.1, 0.15) is 27.2 Å². The van der Waals surface area contributed by atoms with Gasteiger partial charge in [0, 0.05) is 25.5 Å². The van der Waals surface area contributed by atoms with Gasteiger partial charge in [-0.3, -0.25) is 9.78 Å². The standard InChI is InChI=1S/C21H19N3OS/c1-15-5-2-3-7-17(15)14-24-18-8-10-26-20(18)11-19(24)21(25)23-13-16-6-4-9-22-12-16/h2-12H,13-14H2,1H3,(H,23,25). The van der Waals surface area contributed by atoms with Gasteiger partial charge in [0.05, 0.1) is 10.2 Å². The molecule has 4 rings (SSSR count). The molecule has 26 heavy (non-hydrogen) atoms. The van der Waals surface area contributed by atoms with Crippen molar-refractivity contribution in [3.63, 3.8) is 0 Å². The van der Waals surface area contributed by atoms with Crippen molar-refractivity contribution in [2.24, 2.45) is 0 Å². The highest BCUT2D eigenvalue weighted by atomic mass is 32.1. The summed E-state index contributed by atoms with van der Waals surface area (Å²) >= 11 is 1.66. The second-order valence-electron chi connectivity index (χ2n) is 6.26. The van der Waals surface area contributed by atoms with Gasteiger partial charge in [-0.1, -0.05) is 30.3 Å². The summed E-state index contributed by atoms with van der Waals surface area (Å²) in [7, 11) is 0. The van der Waals surface area contributed by atoms with Crippen LogP contribution in [0.3, 0.4) is 0 Å². The number of amides is 1. The van der Waals surface area contributed by atoms with E-state index in [9.17, 15) is 4.79 Å². The molecule has 0 saturated heterocycles. The van der Waals surface area contributed by atoms with E-state index in [1.165, 1.54) is 11.1 Å². The van der Waals surface area contributed by atoms with Crippen molar-refractivity contribution in [1.82, 2.24) is 14.9 Å². The molecule has 0 aliphatic carbocycles. The zero-order chi connectivity index (χ0) is 17.9. The van der Waals surface area contributed by atoms with Gasteiger partial charge in [0.1, 0.15) is 5.69 Å². The van der Waals surface area contributed by atoms with E-state index in [1.807, 2.05) is 30.3 Å². The molecule has 0 fully saturated rings. The normalized spacial score (nSPS) is 11.0. The number of aryl methyl sites for hydroxylation is 1. The molecule has 130 valence electrons. The van der Waals surface area contributed by atoms with Crippen molar-refractivity contribution in [2.45, 2.75) is 20.0 Å². The number of hydrogen-bond donors (Lipinski definition) is 1. The number of benzene rings is 1. The summed E-state index contributed by atoms with van der Waals surface area (Å²) in [5.41, 5.74) is 5.23. The Balaban J connectivity index is 1.63. The number of hydrogen-bond acceptors (Lipinski definition) is 3. The maximum absolute atomic E-state index is 12.8. The van der Waals surface area contributed by atoms with Crippen LogP contribution in [0.25, 0.3) is 10.2 Å². The Morgan fingerprint density at radius 3 is 2.88 bits per heavy atom. The number of carbonyl (C=O) groups excluding carboxylic acids is 1. The second kappa shape index (κ2) is 7.14. The van der Waals surface area contributed by atoms with E-state index >= 15 is 0 Å². The van der Waals surface area contributed by atoms with Gasteiger partial charge in [-0.2, -0.15) is 0 Å². The number of rotatable bonds is 5. The molecule has 1 amide bonds. The molecule has 3 aromatic heterocycles. The molecule has 5 heteroatoms. The minimum Gasteiger partial charge on any atom is -0.347 e. The summed E-state index contributed by atoms with van der Waals surface area (Å²) in [5, 5.41) is 5.08. The lowest BCUT2D eigenvalue weighted by Gasteiger charge is -2.12. The van der Waals surface area contributed by atoms with E-state index in [4.69, 9.17) is 0 Å². The molecule has 0 radical (unpaired) electrons. The molecule has 0 saturated carbocycles. The topological polar surface area (TPSA) is 46.9 Å². The number of nitrogens with one attached hydrogen (secondary N) is 1. The van der Waals surface area contributed by atoms with Crippen molar-refractivity contribution >= 4 is 27.5 Å². The number of fused-ring (bicyclic) bond motifs is 1. The minimum atomic E-state index is -0.0640. The molecule has 0 unspecified atom stereocenters. The molecule has 0 bridgehead atoms. The van der Waals surface area contributed by atoms with Crippen LogP contribution in [0.4, 0.5) is 0 Å². The third-order valence-corrected chi connectivity index (χ3v) is 5.37. The van der Waals surface area contributed by atoms with Crippen molar-refractivity contribution in [2.75, 3.05) is 0 Å². The van der Waals surface area contributed by atoms with Gasteiger partial charge in [0.2, 0.25) is 0 Å². The highest BCUT2D eigenvalue weighted by Crippen LogP contribution is 2.27. The summed E-state index contributed by atoms with van der Waals surface area (Å²) in [6, 6.07) is 16.2. The van der Waals surface area contributed by atoms with Crippen LogP contribution in [0, 0.1) is 6.92 Å². The van der Waals surface area contributed by atoms with Crippen LogP contribution in [-0.4, -0.2) is 15.5 Å². The number of aromatic nitrogens is 2. The lowest BCUT2D eigenvalue weighted by Crippen LogP contribution is -2.25. The molecule has 0 aliphatic heterocycles. The van der Waals surface area contributed by atoms with E-state index in [0.717, 1.165) is 15.8 Å². The second-order valence-corrected chi connectivity index (χ2v) is 7.20. The molecule has 3 heterocycles. The SMILES string of the molecule is Cc1ccccc1Cn1c(C(=O)NCc2cccnc2)cc2sccc21. The summed E-state index contributed by atoms with van der Waals surface area (Å²) in [6.07, 6.45) is 3.50. The van der Waals surface area contributed by atoms with Crippen molar-refractivity contribution in [3.05, 3.63) is 88.7 Å². The van der Waals surface area contributed by atoms with Crippen LogP contribution in [0.2, 0.25) is 0 Å². The molecule has 1 N–H and O–H groups in total. The Kier molecular flexibility index (Phi) is 4.54. The zero-order valence-electron chi connectivity index (χ0n) is 14.5. The highest BCUT2D eigenvalue weighted by molar-refractivity contribution is 7.17. The lowest BCUT2D eigenvalue weighted by atomic mass is 10.1. The van der Waals surface area contributed by atoms with Crippen LogP contribution in [0.15, 0.2) is 66.3 Å². The number of carbonyl (C=O) groups is 1. The van der Waals surface area contributed by atoms with E-state index in [-0.39, 0.29) is 5.91 Å². The fourth-order valence-corrected chi connectivity index (χ4v) is 3.89. The third-order valence-electron chi connectivity index (χ3n) is 4.52. The maximum atomic E-state index is 12.8. The zero-order valence-corrected chi connectivity index (χ0v) is 15.3. The summed E-state index contributed by atoms with van der Waals surface area (Å²) in [5.74, 6) is -0.0640. The first-order valence-electron chi connectivity index (χ1n) is 8.51. The van der Waals surface area contributed by atoms with Gasteiger partial charge in [-0.15, -0.1) is 11.3 Å². The van der Waals surface area contributed by atoms with E-state index < -0.39 is 0 Å². The number of pyridine rings is 1. The van der Waals surface area contributed by atoms with Gasteiger partial charge < -0.3 is 9.88 Å². The fourth-order valence-electron chi connectivity index (χ4n) is 3.07. The molecule has 1 aromatic carbocycles. The predicted molar refractivity (Wildman–Crippen MR) is 106 cm³/mol. The van der Waals surface area contributed by atoms with Gasteiger partial charge >= 0.3 is 0 Å². The van der Waals surface area contributed by atoms with Crippen LogP contribution in [0.5, 0.6) is 0 Å². The first-order chi connectivity index (χ1) is 12.7. The largest absolute Gasteiger partial charge is 0.347 e. The first-order valence-corrected chi connectivity index (χ1v) is 9.38. The average Bonchev–Trinajstić information content (AvgIpc) is 3.25. The molecule has 0 aliphatic rings. The minimum absolute atomic E-state index is 0.0640. The Hall–Kier alpha value is -2.92. The smallest absolute Gasteiger partial charge is 0.268 e. The number of nitrogens with zero attached hydrogens (tertiary/aromatic N) is 2. The average molecular weight is 361 g/mol. The van der Waals surface area contributed by atoms with Crippen LogP contribution >= 0.6 is 11.3 Å². The lowest BCUT2D eigenvalue weighted by molar-refractivity contribution is 0.0942. The molecular formula is C21H19N3OS. The maximum Gasteiger partial charge on any atom is 0.268 e. The molecular weight excluding hydrogens is 342 g/mol. The Bertz CT molecular complexity index is 1050. The van der Waals surface area contributed by atoms with Crippen molar-refractivity contribution in [1.29, 1.82) is 0 Å². The quantitative estimate of drug-likeness (QED) is 0.573. The van der Waals surface area contributed by atoms with Gasteiger partial charge in [-0.05, 0) is 47.2 Å². The summed E-state index contributed by atoms with van der Waals surface area (Å²) < 4.78 is 3.23. The van der Waals surface area contributed by atoms with E-state index in [0.29, 0.717) is 18.8 Å². The third kappa shape index (κ3) is 3.26. The Morgan fingerprint density at radius 1 is 1.19 bits per heavy atom. The van der Waals surface area contributed by atoms with Gasteiger partial charge in [-0.25, -0.2) is 0 Å². The highest BCUT2D eigenvalue weighted by Gasteiger charge is 2.17. The van der Waals surface area contributed by atoms with E-state index in [2.05, 4.69) is 45.4 Å². The monoisotopic (exact) mass is 361 g/mol.